The number of nitrogens with zero attached hydrogens (tertiary/aromatic N) is 1. The summed E-state index contributed by atoms with van der Waals surface area (Å²) in [5, 5.41) is 2.46. The van der Waals surface area contributed by atoms with Gasteiger partial charge in [0.2, 0.25) is 0 Å². The molecule has 3 aromatic rings. The smallest absolute Gasteiger partial charge is 0.335 e. The molecule has 1 N–H and O–H groups in total. The molecular formula is C26H19BrClIN2O5. The van der Waals surface area contributed by atoms with Gasteiger partial charge in [-0.1, -0.05) is 39.7 Å². The molecule has 1 fully saturated rings. The molecule has 0 unspecified atom stereocenters. The number of methoxy groups -OCH3 is 1. The van der Waals surface area contributed by atoms with Crippen LogP contribution in [-0.4, -0.2) is 25.0 Å². The summed E-state index contributed by atoms with van der Waals surface area (Å²) in [5.74, 6) is -0.884. The van der Waals surface area contributed by atoms with Crippen molar-refractivity contribution >= 4 is 79.7 Å². The number of carbonyl (C=O) groups excluding carboxylic acids is 3. The summed E-state index contributed by atoms with van der Waals surface area (Å²) in [6.45, 7) is 2.11. The van der Waals surface area contributed by atoms with Crippen LogP contribution in [0.25, 0.3) is 6.08 Å². The summed E-state index contributed by atoms with van der Waals surface area (Å²) in [5.41, 5.74) is 2.33. The zero-order chi connectivity index (χ0) is 26.0. The first-order chi connectivity index (χ1) is 17.2. The van der Waals surface area contributed by atoms with Crippen LogP contribution in [0.1, 0.15) is 16.7 Å². The zero-order valence-corrected chi connectivity index (χ0v) is 23.6. The minimum absolute atomic E-state index is 0.221. The first-order valence-electron chi connectivity index (χ1n) is 10.6. The third-order valence-corrected chi connectivity index (χ3v) is 7.25. The number of aryl methyl sites for hydroxylation is 1. The summed E-state index contributed by atoms with van der Waals surface area (Å²) < 4.78 is 13.3. The van der Waals surface area contributed by atoms with Gasteiger partial charge in [0.05, 0.1) is 17.8 Å². The molecule has 0 bridgehead atoms. The van der Waals surface area contributed by atoms with Crippen molar-refractivity contribution in [2.75, 3.05) is 12.0 Å². The van der Waals surface area contributed by atoms with Gasteiger partial charge >= 0.3 is 6.03 Å². The molecule has 0 saturated carbocycles. The van der Waals surface area contributed by atoms with E-state index < -0.39 is 17.8 Å². The van der Waals surface area contributed by atoms with E-state index in [1.54, 1.807) is 30.3 Å². The average molecular weight is 682 g/mol. The van der Waals surface area contributed by atoms with Crippen LogP contribution in [0.3, 0.4) is 0 Å². The summed E-state index contributed by atoms with van der Waals surface area (Å²) in [6, 6.07) is 15.2. The maximum atomic E-state index is 13.2. The van der Waals surface area contributed by atoms with E-state index in [9.17, 15) is 14.4 Å². The Morgan fingerprint density at radius 3 is 2.47 bits per heavy atom. The summed E-state index contributed by atoms with van der Waals surface area (Å²) in [4.78, 5) is 39.2. The Morgan fingerprint density at radius 1 is 1.08 bits per heavy atom. The molecule has 1 aliphatic rings. The quantitative estimate of drug-likeness (QED) is 0.189. The van der Waals surface area contributed by atoms with Gasteiger partial charge in [-0.05, 0) is 94.7 Å². The fourth-order valence-electron chi connectivity index (χ4n) is 3.53. The molecule has 3 aromatic carbocycles. The first kappa shape index (κ1) is 26.2. The minimum atomic E-state index is -0.821. The molecule has 7 nitrogen and oxygen atoms in total. The Bertz CT molecular complexity index is 1410. The lowest BCUT2D eigenvalue weighted by molar-refractivity contribution is -0.122. The molecule has 1 aliphatic heterocycles. The normalized spacial score (nSPS) is 14.8. The number of carbonyl (C=O) groups is 3. The van der Waals surface area contributed by atoms with Gasteiger partial charge in [-0.15, -0.1) is 0 Å². The van der Waals surface area contributed by atoms with Gasteiger partial charge in [0.25, 0.3) is 11.8 Å². The Hall–Kier alpha value is -2.89. The lowest BCUT2D eigenvalue weighted by atomic mass is 10.1. The maximum Gasteiger partial charge on any atom is 0.335 e. The molecule has 4 rings (SSSR count). The Labute approximate surface area is 234 Å². The van der Waals surface area contributed by atoms with Gasteiger partial charge in [-0.2, -0.15) is 0 Å². The lowest BCUT2D eigenvalue weighted by Crippen LogP contribution is -2.54. The topological polar surface area (TPSA) is 84.9 Å². The van der Waals surface area contributed by atoms with E-state index >= 15 is 0 Å². The van der Waals surface area contributed by atoms with Crippen molar-refractivity contribution < 1.29 is 23.9 Å². The largest absolute Gasteiger partial charge is 0.493 e. The van der Waals surface area contributed by atoms with E-state index in [0.29, 0.717) is 22.7 Å². The van der Waals surface area contributed by atoms with Gasteiger partial charge in [0, 0.05) is 8.04 Å². The van der Waals surface area contributed by atoms with Crippen molar-refractivity contribution in [3.63, 3.8) is 0 Å². The van der Waals surface area contributed by atoms with E-state index in [1.807, 2.05) is 31.2 Å². The summed E-state index contributed by atoms with van der Waals surface area (Å²) >= 11 is 12.1. The van der Waals surface area contributed by atoms with Crippen molar-refractivity contribution in [3.8, 4) is 11.5 Å². The standard InChI is InChI=1S/C26H19BrClIN2O5/c1-14-9-18(7-8-20(14)27)31-25(33)19(24(32)30-26(31)34)10-16-11-21(28)23(22(12-16)35-2)36-13-15-3-5-17(29)6-4-15/h3-12H,13H2,1-2H3,(H,30,32,34)/b19-10+. The van der Waals surface area contributed by atoms with Crippen LogP contribution in [0.4, 0.5) is 10.5 Å². The van der Waals surface area contributed by atoms with Crippen molar-refractivity contribution in [1.82, 2.24) is 5.32 Å². The van der Waals surface area contributed by atoms with Crippen LogP contribution in [0.2, 0.25) is 5.02 Å². The molecule has 0 aromatic heterocycles. The SMILES string of the molecule is COc1cc(/C=C2\C(=O)NC(=O)N(c3ccc(Br)c(C)c3)C2=O)cc(Cl)c1OCc1ccc(I)cc1. The van der Waals surface area contributed by atoms with Crippen molar-refractivity contribution in [2.45, 2.75) is 13.5 Å². The first-order valence-corrected chi connectivity index (χ1v) is 12.9. The van der Waals surface area contributed by atoms with Gasteiger partial charge in [-0.3, -0.25) is 14.9 Å². The molecule has 1 heterocycles. The van der Waals surface area contributed by atoms with E-state index in [-0.39, 0.29) is 17.2 Å². The van der Waals surface area contributed by atoms with Crippen molar-refractivity contribution in [3.05, 3.63) is 89.9 Å². The number of imide groups is 2. The van der Waals surface area contributed by atoms with Crippen LogP contribution in [0.5, 0.6) is 11.5 Å². The minimum Gasteiger partial charge on any atom is -0.493 e. The Kier molecular flexibility index (Phi) is 8.01. The van der Waals surface area contributed by atoms with Crippen molar-refractivity contribution in [1.29, 1.82) is 0 Å². The predicted molar refractivity (Wildman–Crippen MR) is 149 cm³/mol. The second-order valence-corrected chi connectivity index (χ2v) is 10.3. The highest BCUT2D eigenvalue weighted by molar-refractivity contribution is 14.1. The van der Waals surface area contributed by atoms with E-state index in [4.69, 9.17) is 21.1 Å². The fraction of sp³-hybridized carbons (Fsp3) is 0.115. The van der Waals surface area contributed by atoms with Crippen LogP contribution in [0.15, 0.2) is 64.6 Å². The number of amides is 4. The van der Waals surface area contributed by atoms with Crippen LogP contribution in [-0.2, 0) is 16.2 Å². The monoisotopic (exact) mass is 680 g/mol. The van der Waals surface area contributed by atoms with Crippen LogP contribution >= 0.6 is 50.1 Å². The number of urea groups is 1. The number of hydrogen-bond acceptors (Lipinski definition) is 5. The molecule has 0 atom stereocenters. The summed E-state index contributed by atoms with van der Waals surface area (Å²) in [6.07, 6.45) is 1.36. The molecule has 0 aliphatic carbocycles. The average Bonchev–Trinajstić information content (AvgIpc) is 2.84. The molecule has 0 radical (unpaired) electrons. The number of halogens is 3. The maximum absolute atomic E-state index is 13.2. The number of benzene rings is 3. The van der Waals surface area contributed by atoms with E-state index in [0.717, 1.165) is 24.1 Å². The van der Waals surface area contributed by atoms with E-state index in [1.165, 1.54) is 13.2 Å². The molecular weight excluding hydrogens is 663 g/mol. The van der Waals surface area contributed by atoms with Gasteiger partial charge < -0.3 is 9.47 Å². The highest BCUT2D eigenvalue weighted by Crippen LogP contribution is 2.38. The number of barbiturate groups is 1. The van der Waals surface area contributed by atoms with Crippen LogP contribution in [0, 0.1) is 10.5 Å². The Morgan fingerprint density at radius 2 is 1.81 bits per heavy atom. The second kappa shape index (κ2) is 11.0. The van der Waals surface area contributed by atoms with Gasteiger partial charge in [0.15, 0.2) is 11.5 Å². The van der Waals surface area contributed by atoms with Crippen LogP contribution < -0.4 is 19.7 Å². The highest BCUT2D eigenvalue weighted by atomic mass is 127. The number of ether oxygens (including phenoxy) is 2. The fourth-order valence-corrected chi connectivity index (χ4v) is 4.41. The highest BCUT2D eigenvalue weighted by Gasteiger charge is 2.37. The number of rotatable bonds is 6. The number of anilines is 1. The van der Waals surface area contributed by atoms with Gasteiger partial charge in [0.1, 0.15) is 12.2 Å². The molecule has 184 valence electrons. The lowest BCUT2D eigenvalue weighted by Gasteiger charge is -2.26. The molecule has 36 heavy (non-hydrogen) atoms. The van der Waals surface area contributed by atoms with E-state index in [2.05, 4.69) is 43.8 Å². The zero-order valence-electron chi connectivity index (χ0n) is 19.1. The Balaban J connectivity index is 1.64. The number of nitrogens with one attached hydrogen (secondary N) is 1. The molecule has 1 saturated heterocycles. The molecule has 4 amide bonds. The second-order valence-electron chi connectivity index (χ2n) is 7.84. The molecule has 10 heteroatoms. The summed E-state index contributed by atoms with van der Waals surface area (Å²) in [7, 11) is 1.47. The third-order valence-electron chi connectivity index (χ3n) is 5.36. The molecule has 0 spiro atoms. The van der Waals surface area contributed by atoms with Crippen molar-refractivity contribution in [2.24, 2.45) is 0 Å². The third kappa shape index (κ3) is 5.58. The number of hydrogen-bond donors (Lipinski definition) is 1. The van der Waals surface area contributed by atoms with Gasteiger partial charge in [-0.25, -0.2) is 9.69 Å². The predicted octanol–water partition coefficient (Wildman–Crippen LogP) is 6.27.